The second kappa shape index (κ2) is 6.18. The molecule has 0 aromatic rings. The molecule has 0 aliphatic rings. The molecule has 2 heteroatoms. The first kappa shape index (κ1) is 13.6. The lowest BCUT2D eigenvalue weighted by atomic mass is 10.1. The Morgan fingerprint density at radius 1 is 1.29 bits per heavy atom. The molecule has 0 fully saturated rings. The standard InChI is InChI=1S/C12H24O2/c1-10(2)7-6-8-11(13)9-14-12(3,4)5/h10H,6-9H2,1-5H3. The molecule has 0 aromatic heterocycles. The molecule has 0 rings (SSSR count). The molecular formula is C12H24O2. The lowest BCUT2D eigenvalue weighted by molar-refractivity contribution is -0.128. The van der Waals surface area contributed by atoms with Gasteiger partial charge in [-0.2, -0.15) is 0 Å². The van der Waals surface area contributed by atoms with Crippen LogP contribution >= 0.6 is 0 Å². The summed E-state index contributed by atoms with van der Waals surface area (Å²) in [5, 5.41) is 0. The highest BCUT2D eigenvalue weighted by molar-refractivity contribution is 5.79. The Balaban J connectivity index is 3.47. The van der Waals surface area contributed by atoms with Gasteiger partial charge in [-0.1, -0.05) is 20.3 Å². The molecule has 0 aliphatic heterocycles. The van der Waals surface area contributed by atoms with Gasteiger partial charge >= 0.3 is 0 Å². The van der Waals surface area contributed by atoms with Gasteiger partial charge in [-0.25, -0.2) is 0 Å². The van der Waals surface area contributed by atoms with Crippen LogP contribution in [0.2, 0.25) is 0 Å². The number of ether oxygens (including phenoxy) is 1. The van der Waals surface area contributed by atoms with E-state index in [-0.39, 0.29) is 18.0 Å². The molecular weight excluding hydrogens is 176 g/mol. The smallest absolute Gasteiger partial charge is 0.158 e. The lowest BCUT2D eigenvalue weighted by Gasteiger charge is -2.18. The van der Waals surface area contributed by atoms with Crippen LogP contribution in [0, 0.1) is 5.92 Å². The molecule has 0 saturated heterocycles. The molecule has 2 nitrogen and oxygen atoms in total. The summed E-state index contributed by atoms with van der Waals surface area (Å²) < 4.78 is 5.40. The highest BCUT2D eigenvalue weighted by atomic mass is 16.5. The van der Waals surface area contributed by atoms with Gasteiger partial charge in [0.15, 0.2) is 5.78 Å². The Bertz CT molecular complexity index is 166. The van der Waals surface area contributed by atoms with Gasteiger partial charge in [0, 0.05) is 6.42 Å². The van der Waals surface area contributed by atoms with Crippen LogP contribution in [0.3, 0.4) is 0 Å². The molecule has 0 saturated carbocycles. The Morgan fingerprint density at radius 3 is 2.29 bits per heavy atom. The number of hydrogen-bond donors (Lipinski definition) is 0. The zero-order valence-electron chi connectivity index (χ0n) is 10.2. The van der Waals surface area contributed by atoms with Gasteiger partial charge in [-0.15, -0.1) is 0 Å². The third-order valence-corrected chi connectivity index (χ3v) is 1.90. The fraction of sp³-hybridized carbons (Fsp3) is 0.917. The van der Waals surface area contributed by atoms with Crippen molar-refractivity contribution >= 4 is 5.78 Å². The minimum Gasteiger partial charge on any atom is -0.368 e. The van der Waals surface area contributed by atoms with Crippen LogP contribution in [0.1, 0.15) is 53.9 Å². The predicted molar refractivity (Wildman–Crippen MR) is 59.4 cm³/mol. The molecule has 0 bridgehead atoms. The SMILES string of the molecule is CC(C)CCCC(=O)COC(C)(C)C. The Labute approximate surface area is 88.0 Å². The average Bonchev–Trinajstić information content (AvgIpc) is 1.99. The van der Waals surface area contributed by atoms with Crippen LogP contribution in [0.25, 0.3) is 0 Å². The number of Topliss-reactive ketones (excluding diaryl/α,β-unsaturated/α-hetero) is 1. The van der Waals surface area contributed by atoms with E-state index in [9.17, 15) is 4.79 Å². The van der Waals surface area contributed by atoms with Crippen molar-refractivity contribution in [3.05, 3.63) is 0 Å². The van der Waals surface area contributed by atoms with Crippen LogP contribution in [0.15, 0.2) is 0 Å². The maximum absolute atomic E-state index is 11.3. The van der Waals surface area contributed by atoms with Crippen molar-refractivity contribution in [2.24, 2.45) is 5.92 Å². The molecule has 0 amide bonds. The average molecular weight is 200 g/mol. The number of carbonyl (C=O) groups is 1. The number of ketones is 1. The van der Waals surface area contributed by atoms with Crippen molar-refractivity contribution < 1.29 is 9.53 Å². The first-order valence-corrected chi connectivity index (χ1v) is 5.47. The van der Waals surface area contributed by atoms with Gasteiger partial charge < -0.3 is 4.74 Å². The van der Waals surface area contributed by atoms with Crippen LogP contribution in [0.4, 0.5) is 0 Å². The van der Waals surface area contributed by atoms with Gasteiger partial charge in [0.1, 0.15) is 6.61 Å². The predicted octanol–water partition coefficient (Wildman–Crippen LogP) is 3.20. The Hall–Kier alpha value is -0.370. The van der Waals surface area contributed by atoms with E-state index in [2.05, 4.69) is 13.8 Å². The maximum atomic E-state index is 11.3. The summed E-state index contributed by atoms with van der Waals surface area (Å²) in [6.07, 6.45) is 2.78. The molecule has 0 radical (unpaired) electrons. The number of hydrogen-bond acceptors (Lipinski definition) is 2. The van der Waals surface area contributed by atoms with Crippen molar-refractivity contribution in [2.45, 2.75) is 59.5 Å². The van der Waals surface area contributed by atoms with Crippen molar-refractivity contribution in [2.75, 3.05) is 6.61 Å². The topological polar surface area (TPSA) is 26.3 Å². The van der Waals surface area contributed by atoms with Crippen molar-refractivity contribution in [1.29, 1.82) is 0 Å². The Morgan fingerprint density at radius 2 is 1.86 bits per heavy atom. The van der Waals surface area contributed by atoms with E-state index in [1.54, 1.807) is 0 Å². The molecule has 0 atom stereocenters. The summed E-state index contributed by atoms with van der Waals surface area (Å²) in [4.78, 5) is 11.3. The van der Waals surface area contributed by atoms with E-state index in [0.717, 1.165) is 12.8 Å². The fourth-order valence-corrected chi connectivity index (χ4v) is 1.08. The third-order valence-electron chi connectivity index (χ3n) is 1.90. The maximum Gasteiger partial charge on any atom is 0.158 e. The largest absolute Gasteiger partial charge is 0.368 e. The summed E-state index contributed by atoms with van der Waals surface area (Å²) in [5.74, 6) is 0.909. The summed E-state index contributed by atoms with van der Waals surface area (Å²) in [6.45, 7) is 10.5. The minimum atomic E-state index is -0.201. The minimum absolute atomic E-state index is 0.201. The van der Waals surface area contributed by atoms with Gasteiger partial charge in [0.2, 0.25) is 0 Å². The van der Waals surface area contributed by atoms with Crippen LogP contribution < -0.4 is 0 Å². The zero-order chi connectivity index (χ0) is 11.2. The van der Waals surface area contributed by atoms with E-state index in [1.165, 1.54) is 0 Å². The molecule has 0 N–H and O–H groups in total. The fourth-order valence-electron chi connectivity index (χ4n) is 1.08. The summed E-state index contributed by atoms with van der Waals surface area (Å²) in [6, 6.07) is 0. The van der Waals surface area contributed by atoms with Crippen LogP contribution in [-0.2, 0) is 9.53 Å². The van der Waals surface area contributed by atoms with Gasteiger partial charge in [-0.3, -0.25) is 4.79 Å². The van der Waals surface area contributed by atoms with Gasteiger partial charge in [-0.05, 0) is 33.1 Å². The molecule has 84 valence electrons. The van der Waals surface area contributed by atoms with Gasteiger partial charge in [0.25, 0.3) is 0 Å². The molecule has 14 heavy (non-hydrogen) atoms. The molecule has 0 unspecified atom stereocenters. The summed E-state index contributed by atoms with van der Waals surface area (Å²) >= 11 is 0. The quantitative estimate of drug-likeness (QED) is 0.658. The second-order valence-corrected chi connectivity index (χ2v) is 5.23. The Kier molecular flexibility index (Phi) is 6.01. The monoisotopic (exact) mass is 200 g/mol. The number of carbonyl (C=O) groups excluding carboxylic acids is 1. The summed E-state index contributed by atoms with van der Waals surface area (Å²) in [5.41, 5.74) is -0.201. The lowest BCUT2D eigenvalue weighted by Crippen LogP contribution is -2.23. The second-order valence-electron chi connectivity index (χ2n) is 5.23. The van der Waals surface area contributed by atoms with Crippen molar-refractivity contribution in [3.8, 4) is 0 Å². The van der Waals surface area contributed by atoms with E-state index in [4.69, 9.17) is 4.74 Å². The van der Waals surface area contributed by atoms with Crippen LogP contribution in [0.5, 0.6) is 0 Å². The zero-order valence-corrected chi connectivity index (χ0v) is 10.2. The molecule has 0 spiro atoms. The first-order chi connectivity index (χ1) is 6.31. The molecule has 0 heterocycles. The van der Waals surface area contributed by atoms with Crippen molar-refractivity contribution in [1.82, 2.24) is 0 Å². The number of rotatable bonds is 6. The first-order valence-electron chi connectivity index (χ1n) is 5.47. The molecule has 0 aliphatic carbocycles. The third kappa shape index (κ3) is 9.72. The van der Waals surface area contributed by atoms with E-state index in [1.807, 2.05) is 20.8 Å². The normalized spacial score (nSPS) is 12.1. The van der Waals surface area contributed by atoms with Crippen LogP contribution in [-0.4, -0.2) is 18.0 Å². The highest BCUT2D eigenvalue weighted by Gasteiger charge is 2.12. The van der Waals surface area contributed by atoms with E-state index in [0.29, 0.717) is 12.3 Å². The highest BCUT2D eigenvalue weighted by Crippen LogP contribution is 2.09. The summed E-state index contributed by atoms with van der Waals surface area (Å²) in [7, 11) is 0. The van der Waals surface area contributed by atoms with E-state index < -0.39 is 0 Å². The van der Waals surface area contributed by atoms with Crippen molar-refractivity contribution in [3.63, 3.8) is 0 Å². The molecule has 0 aromatic carbocycles. The van der Waals surface area contributed by atoms with Gasteiger partial charge in [0.05, 0.1) is 5.60 Å². The van der Waals surface area contributed by atoms with E-state index >= 15 is 0 Å².